The zero-order chi connectivity index (χ0) is 10.3. The molecular formula is C11H15N3O. The van der Waals surface area contributed by atoms with E-state index in [0.717, 1.165) is 24.7 Å². The van der Waals surface area contributed by atoms with Gasteiger partial charge in [0.25, 0.3) is 0 Å². The first-order valence-corrected chi connectivity index (χ1v) is 5.39. The molecule has 2 heterocycles. The van der Waals surface area contributed by atoms with Crippen molar-refractivity contribution >= 4 is 5.82 Å². The van der Waals surface area contributed by atoms with E-state index in [0.29, 0.717) is 11.5 Å². The quantitative estimate of drug-likeness (QED) is 0.792. The summed E-state index contributed by atoms with van der Waals surface area (Å²) in [4.78, 5) is 8.28. The molecule has 0 radical (unpaired) electrons. The van der Waals surface area contributed by atoms with Crippen LogP contribution < -0.4 is 5.32 Å². The zero-order valence-electron chi connectivity index (χ0n) is 8.86. The number of hydrogen-bond donors (Lipinski definition) is 1. The second kappa shape index (κ2) is 3.17. The Morgan fingerprint density at radius 1 is 1.40 bits per heavy atom. The van der Waals surface area contributed by atoms with Crippen molar-refractivity contribution in [3.63, 3.8) is 0 Å². The molecule has 80 valence electrons. The second-order valence-electron chi connectivity index (χ2n) is 4.79. The molecule has 1 N–H and O–H groups in total. The summed E-state index contributed by atoms with van der Waals surface area (Å²) in [5, 5.41) is 3.44. The van der Waals surface area contributed by atoms with E-state index in [9.17, 15) is 0 Å². The summed E-state index contributed by atoms with van der Waals surface area (Å²) >= 11 is 0. The van der Waals surface area contributed by atoms with Crippen LogP contribution in [0.15, 0.2) is 12.4 Å². The number of nitrogens with one attached hydrogen (secondary N) is 1. The average Bonchev–Trinajstić information content (AvgIpc) is 2.07. The van der Waals surface area contributed by atoms with Crippen LogP contribution in [0.5, 0.6) is 0 Å². The molecule has 1 saturated heterocycles. The molecule has 0 aromatic carbocycles. The number of rotatable bonds is 2. The van der Waals surface area contributed by atoms with E-state index in [1.165, 1.54) is 12.8 Å². The van der Waals surface area contributed by atoms with Crippen LogP contribution in [0.2, 0.25) is 0 Å². The normalized spacial score (nSPS) is 23.3. The van der Waals surface area contributed by atoms with Crippen molar-refractivity contribution in [3.8, 4) is 0 Å². The molecule has 0 atom stereocenters. The maximum absolute atomic E-state index is 5.24. The molecule has 1 spiro atoms. The highest BCUT2D eigenvalue weighted by molar-refractivity contribution is 5.37. The predicted octanol–water partition coefficient (Wildman–Crippen LogP) is 1.38. The molecule has 0 amide bonds. The van der Waals surface area contributed by atoms with Gasteiger partial charge in [-0.3, -0.25) is 0 Å². The molecule has 4 nitrogen and oxygen atoms in total. The lowest BCUT2D eigenvalue weighted by Gasteiger charge is -2.53. The van der Waals surface area contributed by atoms with E-state index in [4.69, 9.17) is 4.74 Å². The summed E-state index contributed by atoms with van der Waals surface area (Å²) in [6.07, 6.45) is 4.05. The standard InChI is InChI=1S/C11H15N3O/c1-8-2-10(13-7-12-8)14-9-3-11(4-9)5-15-6-11/h2,7,9H,3-6H2,1H3,(H,12,13,14). The van der Waals surface area contributed by atoms with Crippen LogP contribution in [-0.2, 0) is 4.74 Å². The van der Waals surface area contributed by atoms with Gasteiger partial charge in [-0.05, 0) is 19.8 Å². The Hall–Kier alpha value is -1.16. The summed E-state index contributed by atoms with van der Waals surface area (Å²) in [7, 11) is 0. The monoisotopic (exact) mass is 205 g/mol. The number of hydrogen-bond acceptors (Lipinski definition) is 4. The highest BCUT2D eigenvalue weighted by Gasteiger charge is 2.49. The first-order chi connectivity index (χ1) is 7.26. The van der Waals surface area contributed by atoms with E-state index in [-0.39, 0.29) is 0 Å². The van der Waals surface area contributed by atoms with Crippen molar-refractivity contribution in [2.24, 2.45) is 5.41 Å². The van der Waals surface area contributed by atoms with Gasteiger partial charge >= 0.3 is 0 Å². The highest BCUT2D eigenvalue weighted by Crippen LogP contribution is 2.47. The van der Waals surface area contributed by atoms with Crippen LogP contribution in [0.25, 0.3) is 0 Å². The van der Waals surface area contributed by atoms with Gasteiger partial charge in [-0.15, -0.1) is 0 Å². The average molecular weight is 205 g/mol. The van der Waals surface area contributed by atoms with E-state index >= 15 is 0 Å². The molecule has 1 aliphatic heterocycles. The molecule has 4 heteroatoms. The number of aromatic nitrogens is 2. The molecule has 3 rings (SSSR count). The maximum atomic E-state index is 5.24. The molecule has 1 aromatic rings. The zero-order valence-corrected chi connectivity index (χ0v) is 8.86. The molecule has 1 aliphatic carbocycles. The fraction of sp³-hybridized carbons (Fsp3) is 0.636. The first-order valence-electron chi connectivity index (χ1n) is 5.39. The lowest BCUT2D eigenvalue weighted by atomic mass is 9.64. The van der Waals surface area contributed by atoms with Crippen molar-refractivity contribution in [3.05, 3.63) is 18.1 Å². The van der Waals surface area contributed by atoms with Crippen molar-refractivity contribution < 1.29 is 4.74 Å². The summed E-state index contributed by atoms with van der Waals surface area (Å²) in [6, 6.07) is 2.56. The molecule has 1 aromatic heterocycles. The van der Waals surface area contributed by atoms with Gasteiger partial charge < -0.3 is 10.1 Å². The Balaban J connectivity index is 1.58. The topological polar surface area (TPSA) is 47.0 Å². The molecular weight excluding hydrogens is 190 g/mol. The Morgan fingerprint density at radius 3 is 2.80 bits per heavy atom. The Kier molecular flexibility index (Phi) is 1.92. The summed E-state index contributed by atoms with van der Waals surface area (Å²) < 4.78 is 5.24. The number of ether oxygens (including phenoxy) is 1. The molecule has 0 unspecified atom stereocenters. The number of anilines is 1. The van der Waals surface area contributed by atoms with Gasteiger partial charge in [-0.2, -0.15) is 0 Å². The summed E-state index contributed by atoms with van der Waals surface area (Å²) in [6.45, 7) is 3.89. The minimum Gasteiger partial charge on any atom is -0.380 e. The van der Waals surface area contributed by atoms with Crippen LogP contribution >= 0.6 is 0 Å². The largest absolute Gasteiger partial charge is 0.380 e. The third-order valence-corrected chi connectivity index (χ3v) is 3.33. The smallest absolute Gasteiger partial charge is 0.129 e. The fourth-order valence-corrected chi connectivity index (χ4v) is 2.46. The summed E-state index contributed by atoms with van der Waals surface area (Å²) in [5.74, 6) is 0.947. The van der Waals surface area contributed by atoms with E-state index < -0.39 is 0 Å². The van der Waals surface area contributed by atoms with Gasteiger partial charge in [0.1, 0.15) is 12.1 Å². The first kappa shape index (κ1) is 9.09. The molecule has 2 aliphatic rings. The van der Waals surface area contributed by atoms with Crippen molar-refractivity contribution in [2.45, 2.75) is 25.8 Å². The second-order valence-corrected chi connectivity index (χ2v) is 4.79. The number of nitrogens with zero attached hydrogens (tertiary/aromatic N) is 2. The highest BCUT2D eigenvalue weighted by atomic mass is 16.5. The fourth-order valence-electron chi connectivity index (χ4n) is 2.46. The van der Waals surface area contributed by atoms with E-state index in [2.05, 4.69) is 15.3 Å². The summed E-state index contributed by atoms with van der Waals surface area (Å²) in [5.41, 5.74) is 1.52. The van der Waals surface area contributed by atoms with Crippen LogP contribution in [-0.4, -0.2) is 29.2 Å². The molecule has 15 heavy (non-hydrogen) atoms. The lowest BCUT2D eigenvalue weighted by Crippen LogP contribution is -2.56. The lowest BCUT2D eigenvalue weighted by molar-refractivity contribution is -0.159. The van der Waals surface area contributed by atoms with E-state index in [1.54, 1.807) is 6.33 Å². The Morgan fingerprint density at radius 2 is 2.20 bits per heavy atom. The Bertz CT molecular complexity index is 368. The molecule has 0 bridgehead atoms. The van der Waals surface area contributed by atoms with E-state index in [1.807, 2.05) is 13.0 Å². The van der Waals surface area contributed by atoms with Crippen LogP contribution in [0.3, 0.4) is 0 Å². The third kappa shape index (κ3) is 1.59. The van der Waals surface area contributed by atoms with Gasteiger partial charge in [0, 0.05) is 23.2 Å². The van der Waals surface area contributed by atoms with Crippen molar-refractivity contribution in [2.75, 3.05) is 18.5 Å². The molecule has 1 saturated carbocycles. The van der Waals surface area contributed by atoms with Gasteiger partial charge in [0.05, 0.1) is 13.2 Å². The van der Waals surface area contributed by atoms with Gasteiger partial charge in [0.2, 0.25) is 0 Å². The number of aryl methyl sites for hydroxylation is 1. The van der Waals surface area contributed by atoms with Crippen molar-refractivity contribution in [1.29, 1.82) is 0 Å². The van der Waals surface area contributed by atoms with Crippen molar-refractivity contribution in [1.82, 2.24) is 9.97 Å². The molecule has 2 fully saturated rings. The van der Waals surface area contributed by atoms with Crippen LogP contribution in [0.1, 0.15) is 18.5 Å². The predicted molar refractivity (Wildman–Crippen MR) is 56.7 cm³/mol. The van der Waals surface area contributed by atoms with Gasteiger partial charge in [0.15, 0.2) is 0 Å². The van der Waals surface area contributed by atoms with Crippen LogP contribution in [0.4, 0.5) is 5.82 Å². The van der Waals surface area contributed by atoms with Gasteiger partial charge in [-0.1, -0.05) is 0 Å². The minimum atomic E-state index is 0.514. The third-order valence-electron chi connectivity index (χ3n) is 3.33. The van der Waals surface area contributed by atoms with Gasteiger partial charge in [-0.25, -0.2) is 9.97 Å². The minimum absolute atomic E-state index is 0.514. The SMILES string of the molecule is Cc1cc(NC2CC3(COC3)C2)ncn1. The maximum Gasteiger partial charge on any atom is 0.129 e. The van der Waals surface area contributed by atoms with Crippen LogP contribution in [0, 0.1) is 12.3 Å². The Labute approximate surface area is 89.1 Å².